The molecule has 1 aromatic carbocycles. The smallest absolute Gasteiger partial charge is 0.269 e. The van der Waals surface area contributed by atoms with Gasteiger partial charge in [-0.2, -0.15) is 9.61 Å². The summed E-state index contributed by atoms with van der Waals surface area (Å²) >= 11 is 1.49. The van der Waals surface area contributed by atoms with Crippen molar-refractivity contribution >= 4 is 28.3 Å². The Morgan fingerprint density at radius 1 is 1.32 bits per heavy atom. The van der Waals surface area contributed by atoms with Crippen LogP contribution in [0.1, 0.15) is 34.3 Å². The number of imidazole rings is 1. The van der Waals surface area contributed by atoms with E-state index in [4.69, 9.17) is 0 Å². The van der Waals surface area contributed by atoms with Crippen LogP contribution in [0.3, 0.4) is 0 Å². The maximum Gasteiger partial charge on any atom is 0.269 e. The molecule has 1 aliphatic rings. The molecule has 0 radical (unpaired) electrons. The summed E-state index contributed by atoms with van der Waals surface area (Å²) in [6, 6.07) is 6.00. The zero-order valence-corrected chi connectivity index (χ0v) is 12.1. The van der Waals surface area contributed by atoms with E-state index < -0.39 is 4.92 Å². The quantitative estimate of drug-likeness (QED) is 0.419. The average Bonchev–Trinajstić information content (AvgIpc) is 3.20. The van der Waals surface area contributed by atoms with E-state index >= 15 is 0 Å². The molecule has 8 heteroatoms. The second-order valence-corrected chi connectivity index (χ2v) is 6.16. The van der Waals surface area contributed by atoms with Crippen LogP contribution in [0.15, 0.2) is 24.3 Å². The Balaban J connectivity index is 1.81. The van der Waals surface area contributed by atoms with Gasteiger partial charge in [-0.1, -0.05) is 11.3 Å². The minimum absolute atomic E-state index is 0.00608. The summed E-state index contributed by atoms with van der Waals surface area (Å²) in [4.78, 5) is 26.8. The maximum absolute atomic E-state index is 11.4. The first kappa shape index (κ1) is 13.1. The lowest BCUT2D eigenvalue weighted by molar-refractivity contribution is -0.384. The predicted octanol–water partition coefficient (Wildman–Crippen LogP) is 3.06. The number of rotatable bonds is 4. The van der Waals surface area contributed by atoms with E-state index in [9.17, 15) is 14.9 Å². The SMILES string of the molecule is O=Cc1c(-c2ccc([N+](=O)[O-])cc2)nc2sc(C3CC3)nn12. The minimum Gasteiger partial charge on any atom is -0.296 e. The van der Waals surface area contributed by atoms with Crippen molar-refractivity contribution in [2.45, 2.75) is 18.8 Å². The molecule has 22 heavy (non-hydrogen) atoms. The van der Waals surface area contributed by atoms with Crippen molar-refractivity contribution in [1.82, 2.24) is 14.6 Å². The fourth-order valence-electron chi connectivity index (χ4n) is 2.33. The highest BCUT2D eigenvalue weighted by molar-refractivity contribution is 7.16. The number of nitrogens with zero attached hydrogens (tertiary/aromatic N) is 4. The van der Waals surface area contributed by atoms with Crippen molar-refractivity contribution in [2.24, 2.45) is 0 Å². The van der Waals surface area contributed by atoms with Gasteiger partial charge >= 0.3 is 0 Å². The molecule has 1 saturated carbocycles. The number of fused-ring (bicyclic) bond motifs is 1. The number of benzene rings is 1. The topological polar surface area (TPSA) is 90.4 Å². The number of carbonyl (C=O) groups is 1. The molecule has 2 heterocycles. The number of hydrogen-bond donors (Lipinski definition) is 0. The minimum atomic E-state index is -0.459. The number of nitro groups is 1. The van der Waals surface area contributed by atoms with Gasteiger partial charge in [-0.05, 0) is 25.0 Å². The van der Waals surface area contributed by atoms with Gasteiger partial charge in [0.1, 0.15) is 16.4 Å². The Morgan fingerprint density at radius 2 is 2.05 bits per heavy atom. The maximum atomic E-state index is 11.4. The monoisotopic (exact) mass is 314 g/mol. The van der Waals surface area contributed by atoms with Gasteiger partial charge in [-0.3, -0.25) is 14.9 Å². The van der Waals surface area contributed by atoms with E-state index in [1.165, 1.54) is 23.5 Å². The fourth-order valence-corrected chi connectivity index (χ4v) is 3.41. The summed E-state index contributed by atoms with van der Waals surface area (Å²) in [7, 11) is 0. The van der Waals surface area contributed by atoms with E-state index in [0.717, 1.165) is 24.1 Å². The lowest BCUT2D eigenvalue weighted by Gasteiger charge is -1.98. The van der Waals surface area contributed by atoms with Crippen LogP contribution in [0.2, 0.25) is 0 Å². The number of non-ortho nitro benzene ring substituents is 1. The molecule has 0 saturated heterocycles. The molecule has 2 aromatic heterocycles. The molecule has 0 unspecified atom stereocenters. The van der Waals surface area contributed by atoms with Gasteiger partial charge in [-0.25, -0.2) is 4.98 Å². The molecule has 0 bridgehead atoms. The van der Waals surface area contributed by atoms with Crippen LogP contribution in [-0.4, -0.2) is 25.8 Å². The molecule has 1 fully saturated rings. The molecule has 0 amide bonds. The van der Waals surface area contributed by atoms with Gasteiger partial charge in [0.2, 0.25) is 4.96 Å². The van der Waals surface area contributed by atoms with Crippen molar-refractivity contribution in [2.75, 3.05) is 0 Å². The first-order valence-electron chi connectivity index (χ1n) is 6.77. The first-order chi connectivity index (χ1) is 10.7. The van der Waals surface area contributed by atoms with E-state index in [2.05, 4.69) is 10.1 Å². The molecule has 110 valence electrons. The Labute approximate surface area is 128 Å². The number of aldehydes is 1. The van der Waals surface area contributed by atoms with Crippen LogP contribution in [0.5, 0.6) is 0 Å². The van der Waals surface area contributed by atoms with Crippen LogP contribution in [0.25, 0.3) is 16.2 Å². The Hall–Kier alpha value is -2.61. The van der Waals surface area contributed by atoms with E-state index in [0.29, 0.717) is 27.8 Å². The number of hydrogen-bond acceptors (Lipinski definition) is 6. The molecule has 0 spiro atoms. The van der Waals surface area contributed by atoms with Crippen LogP contribution >= 0.6 is 11.3 Å². The molecular formula is C14H10N4O3S. The zero-order chi connectivity index (χ0) is 15.3. The summed E-state index contributed by atoms with van der Waals surface area (Å²) in [5.41, 5.74) is 1.56. The van der Waals surface area contributed by atoms with Crippen LogP contribution in [0, 0.1) is 10.1 Å². The standard InChI is InChI=1S/C14H10N4O3S/c19-7-11-12(8-3-5-10(6-4-8)18(20)21)15-14-17(11)16-13(22-14)9-1-2-9/h3-7,9H,1-2H2. The van der Waals surface area contributed by atoms with E-state index in [1.54, 1.807) is 16.6 Å². The van der Waals surface area contributed by atoms with E-state index in [-0.39, 0.29) is 5.69 Å². The third-order valence-corrected chi connectivity index (χ3v) is 4.71. The van der Waals surface area contributed by atoms with Gasteiger partial charge in [0.25, 0.3) is 5.69 Å². The van der Waals surface area contributed by atoms with Gasteiger partial charge in [0.05, 0.1) is 4.92 Å². The zero-order valence-electron chi connectivity index (χ0n) is 11.3. The lowest BCUT2D eigenvalue weighted by atomic mass is 10.1. The second kappa shape index (κ2) is 4.70. The molecular weight excluding hydrogens is 304 g/mol. The predicted molar refractivity (Wildman–Crippen MR) is 80.3 cm³/mol. The van der Waals surface area contributed by atoms with Crippen molar-refractivity contribution in [1.29, 1.82) is 0 Å². The molecule has 3 aromatic rings. The Morgan fingerprint density at radius 3 is 2.64 bits per heavy atom. The van der Waals surface area contributed by atoms with Crippen molar-refractivity contribution in [3.63, 3.8) is 0 Å². The van der Waals surface area contributed by atoms with Crippen molar-refractivity contribution < 1.29 is 9.72 Å². The molecule has 0 atom stereocenters. The number of nitro benzene ring substituents is 1. The third-order valence-electron chi connectivity index (χ3n) is 3.64. The second-order valence-electron chi connectivity index (χ2n) is 5.18. The Kier molecular flexibility index (Phi) is 2.80. The highest BCUT2D eigenvalue weighted by atomic mass is 32.1. The fraction of sp³-hybridized carbons (Fsp3) is 0.214. The normalized spacial score (nSPS) is 14.4. The summed E-state index contributed by atoms with van der Waals surface area (Å²) in [6.45, 7) is 0. The number of aromatic nitrogens is 3. The lowest BCUT2D eigenvalue weighted by Crippen LogP contribution is -1.95. The average molecular weight is 314 g/mol. The van der Waals surface area contributed by atoms with Crippen molar-refractivity contribution in [3.8, 4) is 11.3 Å². The van der Waals surface area contributed by atoms with Crippen molar-refractivity contribution in [3.05, 3.63) is 45.1 Å². The summed E-state index contributed by atoms with van der Waals surface area (Å²) in [6.07, 6.45) is 3.01. The molecule has 0 N–H and O–H groups in total. The molecule has 7 nitrogen and oxygen atoms in total. The summed E-state index contributed by atoms with van der Waals surface area (Å²) < 4.78 is 1.57. The molecule has 0 aliphatic heterocycles. The third kappa shape index (κ3) is 2.00. The van der Waals surface area contributed by atoms with Crippen LogP contribution in [0.4, 0.5) is 5.69 Å². The Bertz CT molecular complexity index is 893. The largest absolute Gasteiger partial charge is 0.296 e. The van der Waals surface area contributed by atoms with Crippen LogP contribution < -0.4 is 0 Å². The molecule has 4 rings (SSSR count). The van der Waals surface area contributed by atoms with E-state index in [1.807, 2.05) is 0 Å². The molecule has 1 aliphatic carbocycles. The number of carbonyl (C=O) groups excluding carboxylic acids is 1. The first-order valence-corrected chi connectivity index (χ1v) is 7.58. The summed E-state index contributed by atoms with van der Waals surface area (Å²) in [5, 5.41) is 16.2. The van der Waals surface area contributed by atoms with Crippen LogP contribution in [-0.2, 0) is 0 Å². The highest BCUT2D eigenvalue weighted by Crippen LogP contribution is 2.42. The highest BCUT2D eigenvalue weighted by Gasteiger charge is 2.29. The van der Waals surface area contributed by atoms with Gasteiger partial charge in [-0.15, -0.1) is 0 Å². The van der Waals surface area contributed by atoms with Gasteiger partial charge < -0.3 is 0 Å². The van der Waals surface area contributed by atoms with Gasteiger partial charge in [0, 0.05) is 23.6 Å². The van der Waals surface area contributed by atoms with Gasteiger partial charge in [0.15, 0.2) is 6.29 Å². The summed E-state index contributed by atoms with van der Waals surface area (Å²) in [5.74, 6) is 0.508.